The van der Waals surface area contributed by atoms with Crippen molar-refractivity contribution in [3.05, 3.63) is 21.8 Å². The molecule has 3 nitrogen and oxygen atoms in total. The van der Waals surface area contributed by atoms with Crippen molar-refractivity contribution in [2.75, 3.05) is 20.3 Å². The Kier molecular flexibility index (Phi) is 4.48. The SMILES string of the molecule is COCCOc1ncc(Br)cc1Cl. The summed E-state index contributed by atoms with van der Waals surface area (Å²) in [5, 5.41) is 0.491. The van der Waals surface area contributed by atoms with Crippen LogP contribution >= 0.6 is 27.5 Å². The molecule has 0 saturated carbocycles. The molecule has 0 bridgehead atoms. The first kappa shape index (κ1) is 10.8. The number of hydrogen-bond acceptors (Lipinski definition) is 3. The van der Waals surface area contributed by atoms with Gasteiger partial charge in [0.25, 0.3) is 0 Å². The summed E-state index contributed by atoms with van der Waals surface area (Å²) in [4.78, 5) is 3.99. The molecule has 72 valence electrons. The van der Waals surface area contributed by atoms with Gasteiger partial charge in [-0.05, 0) is 22.0 Å². The highest BCUT2D eigenvalue weighted by Gasteiger charge is 2.02. The predicted octanol–water partition coefficient (Wildman–Crippen LogP) is 2.52. The van der Waals surface area contributed by atoms with Crippen LogP contribution in [0.1, 0.15) is 0 Å². The molecule has 0 fully saturated rings. The molecule has 1 aromatic rings. The molecular formula is C8H9BrClNO2. The third-order valence-electron chi connectivity index (χ3n) is 1.30. The first-order valence-electron chi connectivity index (χ1n) is 3.67. The van der Waals surface area contributed by atoms with Crippen LogP contribution in [0.25, 0.3) is 0 Å². The highest BCUT2D eigenvalue weighted by atomic mass is 79.9. The molecule has 1 aromatic heterocycles. The lowest BCUT2D eigenvalue weighted by Gasteiger charge is -2.05. The van der Waals surface area contributed by atoms with Gasteiger partial charge in [0, 0.05) is 17.8 Å². The molecule has 0 aliphatic heterocycles. The van der Waals surface area contributed by atoms with E-state index in [9.17, 15) is 0 Å². The van der Waals surface area contributed by atoms with Crippen LogP contribution in [0.5, 0.6) is 5.88 Å². The van der Waals surface area contributed by atoms with Crippen molar-refractivity contribution in [2.24, 2.45) is 0 Å². The molecule has 0 saturated heterocycles. The molecule has 13 heavy (non-hydrogen) atoms. The summed E-state index contributed by atoms with van der Waals surface area (Å²) in [6.07, 6.45) is 1.63. The van der Waals surface area contributed by atoms with E-state index in [1.165, 1.54) is 0 Å². The van der Waals surface area contributed by atoms with E-state index in [1.807, 2.05) is 0 Å². The minimum Gasteiger partial charge on any atom is -0.474 e. The maximum atomic E-state index is 5.85. The van der Waals surface area contributed by atoms with Gasteiger partial charge in [-0.2, -0.15) is 0 Å². The predicted molar refractivity (Wildman–Crippen MR) is 54.3 cm³/mol. The maximum Gasteiger partial charge on any atom is 0.232 e. The van der Waals surface area contributed by atoms with Crippen molar-refractivity contribution in [3.63, 3.8) is 0 Å². The molecule has 0 aliphatic rings. The molecule has 0 aromatic carbocycles. The number of hydrogen-bond donors (Lipinski definition) is 0. The summed E-state index contributed by atoms with van der Waals surface area (Å²) in [7, 11) is 1.61. The van der Waals surface area contributed by atoms with Crippen molar-refractivity contribution < 1.29 is 9.47 Å². The molecule has 5 heteroatoms. The molecule has 0 N–H and O–H groups in total. The van der Waals surface area contributed by atoms with Crippen molar-refractivity contribution in [1.29, 1.82) is 0 Å². The van der Waals surface area contributed by atoms with E-state index in [0.29, 0.717) is 24.1 Å². The number of rotatable bonds is 4. The van der Waals surface area contributed by atoms with Gasteiger partial charge in [-0.25, -0.2) is 4.98 Å². The van der Waals surface area contributed by atoms with Gasteiger partial charge in [0.2, 0.25) is 5.88 Å². The zero-order valence-corrected chi connectivity index (χ0v) is 9.43. The number of halogens is 2. The monoisotopic (exact) mass is 265 g/mol. The van der Waals surface area contributed by atoms with E-state index in [-0.39, 0.29) is 0 Å². The van der Waals surface area contributed by atoms with Gasteiger partial charge in [0.1, 0.15) is 11.6 Å². The average Bonchev–Trinajstić information content (AvgIpc) is 2.09. The average molecular weight is 267 g/mol. The topological polar surface area (TPSA) is 31.4 Å². The standard InChI is InChI=1S/C8H9BrClNO2/c1-12-2-3-13-8-7(10)4-6(9)5-11-8/h4-5H,2-3H2,1H3. The Bertz CT molecular complexity index is 283. The zero-order chi connectivity index (χ0) is 9.68. The van der Waals surface area contributed by atoms with Crippen LogP contribution in [0.3, 0.4) is 0 Å². The second-order valence-corrected chi connectivity index (χ2v) is 3.60. The number of ether oxygens (including phenoxy) is 2. The normalized spacial score (nSPS) is 10.1. The summed E-state index contributed by atoms with van der Waals surface area (Å²) in [5.74, 6) is 0.432. The van der Waals surface area contributed by atoms with E-state index in [1.54, 1.807) is 19.4 Å². The van der Waals surface area contributed by atoms with Crippen LogP contribution in [0.15, 0.2) is 16.7 Å². The van der Waals surface area contributed by atoms with E-state index in [0.717, 1.165) is 4.47 Å². The third kappa shape index (κ3) is 3.50. The van der Waals surface area contributed by atoms with Crippen LogP contribution in [-0.2, 0) is 4.74 Å². The van der Waals surface area contributed by atoms with Crippen LogP contribution in [0.2, 0.25) is 5.02 Å². The van der Waals surface area contributed by atoms with Crippen molar-refractivity contribution in [3.8, 4) is 5.88 Å². The first-order chi connectivity index (χ1) is 6.24. The second kappa shape index (κ2) is 5.42. The third-order valence-corrected chi connectivity index (χ3v) is 2.00. The first-order valence-corrected chi connectivity index (χ1v) is 4.84. The molecule has 0 spiro atoms. The largest absolute Gasteiger partial charge is 0.474 e. The zero-order valence-electron chi connectivity index (χ0n) is 7.09. The fourth-order valence-corrected chi connectivity index (χ4v) is 1.41. The van der Waals surface area contributed by atoms with Crippen LogP contribution in [0.4, 0.5) is 0 Å². The molecule has 1 heterocycles. The summed E-state index contributed by atoms with van der Waals surface area (Å²) < 4.78 is 10.9. The maximum absolute atomic E-state index is 5.85. The lowest BCUT2D eigenvalue weighted by Crippen LogP contribution is -2.05. The Balaban J connectivity index is 2.56. The van der Waals surface area contributed by atoms with Crippen LogP contribution in [0, 0.1) is 0 Å². The second-order valence-electron chi connectivity index (χ2n) is 2.28. The summed E-state index contributed by atoms with van der Waals surface area (Å²) >= 11 is 9.10. The van der Waals surface area contributed by atoms with Crippen LogP contribution < -0.4 is 4.74 Å². The molecule has 0 radical (unpaired) electrons. The van der Waals surface area contributed by atoms with Crippen molar-refractivity contribution in [1.82, 2.24) is 4.98 Å². The number of methoxy groups -OCH3 is 1. The van der Waals surface area contributed by atoms with Gasteiger partial charge in [-0.15, -0.1) is 0 Å². The number of nitrogens with zero attached hydrogens (tertiary/aromatic N) is 1. The smallest absolute Gasteiger partial charge is 0.232 e. The Labute approximate surface area is 90.1 Å². The minimum atomic E-state index is 0.432. The van der Waals surface area contributed by atoms with Gasteiger partial charge in [0.15, 0.2) is 0 Å². The Hall–Kier alpha value is -0.320. The van der Waals surface area contributed by atoms with Gasteiger partial charge >= 0.3 is 0 Å². The summed E-state index contributed by atoms with van der Waals surface area (Å²) in [6.45, 7) is 0.971. The quantitative estimate of drug-likeness (QED) is 0.785. The van der Waals surface area contributed by atoms with E-state index >= 15 is 0 Å². The summed E-state index contributed by atoms with van der Waals surface area (Å²) in [6, 6.07) is 1.73. The molecule has 0 aliphatic carbocycles. The van der Waals surface area contributed by atoms with Crippen LogP contribution in [-0.4, -0.2) is 25.3 Å². The molecular weight excluding hydrogens is 257 g/mol. The Morgan fingerprint density at radius 2 is 2.31 bits per heavy atom. The fraction of sp³-hybridized carbons (Fsp3) is 0.375. The van der Waals surface area contributed by atoms with E-state index in [2.05, 4.69) is 20.9 Å². The Morgan fingerprint density at radius 1 is 1.54 bits per heavy atom. The van der Waals surface area contributed by atoms with Gasteiger partial charge in [-0.1, -0.05) is 11.6 Å². The number of aromatic nitrogens is 1. The minimum absolute atomic E-state index is 0.432. The van der Waals surface area contributed by atoms with E-state index in [4.69, 9.17) is 21.1 Å². The highest BCUT2D eigenvalue weighted by molar-refractivity contribution is 9.10. The van der Waals surface area contributed by atoms with Gasteiger partial charge in [0.05, 0.1) is 6.61 Å². The summed E-state index contributed by atoms with van der Waals surface area (Å²) in [5.41, 5.74) is 0. The molecule has 0 unspecified atom stereocenters. The van der Waals surface area contributed by atoms with Gasteiger partial charge in [-0.3, -0.25) is 0 Å². The van der Waals surface area contributed by atoms with Gasteiger partial charge < -0.3 is 9.47 Å². The lowest BCUT2D eigenvalue weighted by molar-refractivity contribution is 0.144. The van der Waals surface area contributed by atoms with E-state index < -0.39 is 0 Å². The van der Waals surface area contributed by atoms with Crippen molar-refractivity contribution in [2.45, 2.75) is 0 Å². The lowest BCUT2D eigenvalue weighted by atomic mass is 10.5. The van der Waals surface area contributed by atoms with Crippen molar-refractivity contribution >= 4 is 27.5 Å². The fourth-order valence-electron chi connectivity index (χ4n) is 0.730. The molecule has 0 atom stereocenters. The molecule has 1 rings (SSSR count). The Morgan fingerprint density at radius 3 is 2.92 bits per heavy atom. The molecule has 0 amide bonds. The number of pyridine rings is 1. The highest BCUT2D eigenvalue weighted by Crippen LogP contribution is 2.24.